The molecule has 3 aromatic rings. The molecule has 176 valence electrons. The van der Waals surface area contributed by atoms with Gasteiger partial charge in [0.1, 0.15) is 5.82 Å². The molecule has 2 amide bonds. The van der Waals surface area contributed by atoms with E-state index in [1.165, 1.54) is 36.1 Å². The summed E-state index contributed by atoms with van der Waals surface area (Å²) in [7, 11) is 0. The molecule has 0 aliphatic heterocycles. The SMILES string of the molecule is CC(NC(=O)CNc1ccc(F)c(NC(=O)Cc2ccccc2)c1)c1ccc2c(c1)CCCC2. The number of carbonyl (C=O) groups is 2. The minimum Gasteiger partial charge on any atom is -0.376 e. The lowest BCUT2D eigenvalue weighted by molar-refractivity contribution is -0.120. The van der Waals surface area contributed by atoms with Gasteiger partial charge in [0.15, 0.2) is 0 Å². The zero-order chi connectivity index (χ0) is 23.9. The first-order valence-corrected chi connectivity index (χ1v) is 11.8. The molecular weight excluding hydrogens is 429 g/mol. The first-order chi connectivity index (χ1) is 16.5. The fourth-order valence-electron chi connectivity index (χ4n) is 4.29. The molecule has 0 bridgehead atoms. The topological polar surface area (TPSA) is 70.2 Å². The second-order valence-electron chi connectivity index (χ2n) is 8.78. The summed E-state index contributed by atoms with van der Waals surface area (Å²) in [6.45, 7) is 2.01. The minimum absolute atomic E-state index is 0.0400. The maximum Gasteiger partial charge on any atom is 0.239 e. The van der Waals surface area contributed by atoms with Crippen LogP contribution < -0.4 is 16.0 Å². The normalized spacial score (nSPS) is 13.5. The molecule has 1 aliphatic rings. The molecule has 34 heavy (non-hydrogen) atoms. The summed E-state index contributed by atoms with van der Waals surface area (Å²) in [5.41, 5.74) is 5.37. The van der Waals surface area contributed by atoms with Crippen molar-refractivity contribution < 1.29 is 14.0 Å². The minimum atomic E-state index is -0.530. The number of halogens is 1. The maximum atomic E-state index is 14.2. The quantitative estimate of drug-likeness (QED) is 0.435. The number of nitrogens with one attached hydrogen (secondary N) is 3. The number of hydrogen-bond acceptors (Lipinski definition) is 3. The second kappa shape index (κ2) is 11.0. The smallest absolute Gasteiger partial charge is 0.239 e. The van der Waals surface area contributed by atoms with Gasteiger partial charge in [0.2, 0.25) is 11.8 Å². The van der Waals surface area contributed by atoms with Crippen molar-refractivity contribution in [2.45, 2.75) is 45.1 Å². The van der Waals surface area contributed by atoms with E-state index in [2.05, 4.69) is 34.1 Å². The number of rotatable bonds is 8. The van der Waals surface area contributed by atoms with E-state index in [1.807, 2.05) is 37.3 Å². The van der Waals surface area contributed by atoms with Crippen molar-refractivity contribution in [2.75, 3.05) is 17.2 Å². The molecule has 4 rings (SSSR count). The molecule has 5 nitrogen and oxygen atoms in total. The first kappa shape index (κ1) is 23.5. The van der Waals surface area contributed by atoms with E-state index in [1.54, 1.807) is 6.07 Å². The molecule has 1 unspecified atom stereocenters. The van der Waals surface area contributed by atoms with Gasteiger partial charge in [-0.3, -0.25) is 9.59 Å². The van der Waals surface area contributed by atoms with Gasteiger partial charge in [-0.2, -0.15) is 0 Å². The third kappa shape index (κ3) is 6.22. The summed E-state index contributed by atoms with van der Waals surface area (Å²) in [5, 5.41) is 8.64. The molecule has 0 spiro atoms. The Hall–Kier alpha value is -3.67. The van der Waals surface area contributed by atoms with Crippen LogP contribution in [0.25, 0.3) is 0 Å². The summed E-state index contributed by atoms with van der Waals surface area (Å²) < 4.78 is 14.2. The van der Waals surface area contributed by atoms with E-state index < -0.39 is 5.82 Å². The Morgan fingerprint density at radius 1 is 0.912 bits per heavy atom. The van der Waals surface area contributed by atoms with Gasteiger partial charge in [-0.25, -0.2) is 4.39 Å². The van der Waals surface area contributed by atoms with Gasteiger partial charge in [-0.1, -0.05) is 48.5 Å². The average Bonchev–Trinajstić information content (AvgIpc) is 2.84. The molecule has 3 N–H and O–H groups in total. The Bertz CT molecular complexity index is 1160. The number of anilines is 2. The summed E-state index contributed by atoms with van der Waals surface area (Å²) in [6.07, 6.45) is 4.84. The van der Waals surface area contributed by atoms with Gasteiger partial charge in [-0.15, -0.1) is 0 Å². The molecule has 6 heteroatoms. The highest BCUT2D eigenvalue weighted by molar-refractivity contribution is 5.93. The lowest BCUT2D eigenvalue weighted by Gasteiger charge is -2.20. The van der Waals surface area contributed by atoms with Crippen LogP contribution in [0.4, 0.5) is 15.8 Å². The van der Waals surface area contributed by atoms with Crippen molar-refractivity contribution in [3.8, 4) is 0 Å². The Morgan fingerprint density at radius 2 is 1.68 bits per heavy atom. The monoisotopic (exact) mass is 459 g/mol. The third-order valence-corrected chi connectivity index (χ3v) is 6.15. The fourth-order valence-corrected chi connectivity index (χ4v) is 4.29. The second-order valence-corrected chi connectivity index (χ2v) is 8.78. The number of hydrogen-bond donors (Lipinski definition) is 3. The fraction of sp³-hybridized carbons (Fsp3) is 0.286. The van der Waals surface area contributed by atoms with Gasteiger partial charge in [0.05, 0.1) is 24.7 Å². The molecule has 1 aliphatic carbocycles. The first-order valence-electron chi connectivity index (χ1n) is 11.8. The summed E-state index contributed by atoms with van der Waals surface area (Å²) >= 11 is 0. The van der Waals surface area contributed by atoms with Crippen molar-refractivity contribution in [3.05, 3.63) is 94.8 Å². The average molecular weight is 460 g/mol. The van der Waals surface area contributed by atoms with E-state index in [0.29, 0.717) is 5.69 Å². The highest BCUT2D eigenvalue weighted by Crippen LogP contribution is 2.25. The van der Waals surface area contributed by atoms with Crippen LogP contribution in [-0.4, -0.2) is 18.4 Å². The molecule has 0 radical (unpaired) electrons. The van der Waals surface area contributed by atoms with Crippen LogP contribution in [-0.2, 0) is 28.9 Å². The molecule has 0 fully saturated rings. The van der Waals surface area contributed by atoms with E-state index in [9.17, 15) is 14.0 Å². The summed E-state index contributed by atoms with van der Waals surface area (Å²) in [4.78, 5) is 24.8. The standard InChI is InChI=1S/C28H30FN3O2/c1-19(22-12-11-21-9-5-6-10-23(21)16-22)31-28(34)18-30-24-13-14-25(29)26(17-24)32-27(33)15-20-7-3-2-4-8-20/h2-4,7-8,11-14,16-17,19,30H,5-6,9-10,15,18H2,1H3,(H,31,34)(H,32,33). The van der Waals surface area contributed by atoms with E-state index in [-0.39, 0.29) is 36.5 Å². The Balaban J connectivity index is 1.30. The Morgan fingerprint density at radius 3 is 2.47 bits per heavy atom. The zero-order valence-electron chi connectivity index (χ0n) is 19.4. The number of benzene rings is 3. The third-order valence-electron chi connectivity index (χ3n) is 6.15. The van der Waals surface area contributed by atoms with Crippen LogP contribution in [0.15, 0.2) is 66.7 Å². The van der Waals surface area contributed by atoms with Crippen LogP contribution in [0.3, 0.4) is 0 Å². The van der Waals surface area contributed by atoms with Crippen molar-refractivity contribution >= 4 is 23.2 Å². The largest absolute Gasteiger partial charge is 0.376 e. The number of fused-ring (bicyclic) bond motifs is 1. The van der Waals surface area contributed by atoms with Crippen LogP contribution in [0.1, 0.15) is 48.1 Å². The van der Waals surface area contributed by atoms with Gasteiger partial charge in [-0.05, 0) is 73.1 Å². The lowest BCUT2D eigenvalue weighted by atomic mass is 9.89. The van der Waals surface area contributed by atoms with Gasteiger partial charge in [0, 0.05) is 5.69 Å². The molecule has 0 saturated heterocycles. The zero-order valence-corrected chi connectivity index (χ0v) is 19.4. The van der Waals surface area contributed by atoms with Crippen molar-refractivity contribution in [1.82, 2.24) is 5.32 Å². The van der Waals surface area contributed by atoms with Crippen molar-refractivity contribution in [3.63, 3.8) is 0 Å². The number of aryl methyl sites for hydroxylation is 2. The molecule has 0 saturated carbocycles. The Labute approximate surface area is 199 Å². The summed E-state index contributed by atoms with van der Waals surface area (Å²) in [5.74, 6) is -1.000. The maximum absolute atomic E-state index is 14.2. The lowest BCUT2D eigenvalue weighted by Crippen LogP contribution is -2.32. The number of carbonyl (C=O) groups excluding carboxylic acids is 2. The molecule has 0 aromatic heterocycles. The van der Waals surface area contributed by atoms with Crippen LogP contribution in [0, 0.1) is 5.82 Å². The predicted molar refractivity (Wildman–Crippen MR) is 133 cm³/mol. The molecular formula is C28H30FN3O2. The van der Waals surface area contributed by atoms with Crippen molar-refractivity contribution in [1.29, 1.82) is 0 Å². The van der Waals surface area contributed by atoms with E-state index >= 15 is 0 Å². The number of amides is 2. The molecule has 0 heterocycles. The van der Waals surface area contributed by atoms with Gasteiger partial charge < -0.3 is 16.0 Å². The predicted octanol–water partition coefficient (Wildman–Crippen LogP) is 5.18. The van der Waals surface area contributed by atoms with Gasteiger partial charge in [0.25, 0.3) is 0 Å². The van der Waals surface area contributed by atoms with Crippen LogP contribution in [0.5, 0.6) is 0 Å². The molecule has 1 atom stereocenters. The van der Waals surface area contributed by atoms with Crippen molar-refractivity contribution in [2.24, 2.45) is 0 Å². The van der Waals surface area contributed by atoms with Gasteiger partial charge >= 0.3 is 0 Å². The van der Waals surface area contributed by atoms with E-state index in [4.69, 9.17) is 0 Å². The highest BCUT2D eigenvalue weighted by atomic mass is 19.1. The van der Waals surface area contributed by atoms with Crippen LogP contribution >= 0.6 is 0 Å². The Kier molecular flexibility index (Phi) is 7.58. The molecule has 3 aromatic carbocycles. The highest BCUT2D eigenvalue weighted by Gasteiger charge is 2.15. The summed E-state index contributed by atoms with van der Waals surface area (Å²) in [6, 6.07) is 19.9. The van der Waals surface area contributed by atoms with Crippen LogP contribution in [0.2, 0.25) is 0 Å². The van der Waals surface area contributed by atoms with E-state index in [0.717, 1.165) is 24.0 Å².